The second kappa shape index (κ2) is 12.1. The van der Waals surface area contributed by atoms with Gasteiger partial charge in [-0.2, -0.15) is 26.3 Å². The van der Waals surface area contributed by atoms with E-state index in [4.69, 9.17) is 5.73 Å². The van der Waals surface area contributed by atoms with Crippen LogP contribution in [-0.4, -0.2) is 24.2 Å². The van der Waals surface area contributed by atoms with Crippen LogP contribution in [0.15, 0.2) is 60.7 Å². The molecule has 0 atom stereocenters. The van der Waals surface area contributed by atoms with Crippen LogP contribution in [0.1, 0.15) is 26.3 Å². The Balaban J connectivity index is 0.000000423. The molecule has 0 aromatic heterocycles. The number of halogens is 11. The third-order valence-corrected chi connectivity index (χ3v) is 6.42. The molecule has 15 heteroatoms. The minimum atomic E-state index is -6.25. The van der Waals surface area contributed by atoms with E-state index in [2.05, 4.69) is 5.32 Å². The van der Waals surface area contributed by atoms with Gasteiger partial charge in [0.25, 0.3) is 11.8 Å². The average molecular weight is 774 g/mol. The van der Waals surface area contributed by atoms with Crippen molar-refractivity contribution in [3.63, 3.8) is 0 Å². The van der Waals surface area contributed by atoms with Crippen molar-refractivity contribution >= 4 is 62.7 Å². The Hall–Kier alpha value is -2.57. The summed E-state index contributed by atoms with van der Waals surface area (Å²) in [5.41, 5.74) is -3.06. The first-order valence-electron chi connectivity index (χ1n) is 9.84. The summed E-state index contributed by atoms with van der Waals surface area (Å²) < 4.78 is 117. The molecule has 0 heterocycles. The Morgan fingerprint density at radius 3 is 1.45 bits per heavy atom. The number of nitrogens with one attached hydrogen (secondary N) is 1. The number of amides is 2. The van der Waals surface area contributed by atoms with Gasteiger partial charge in [-0.3, -0.25) is 9.59 Å². The van der Waals surface area contributed by atoms with E-state index in [0.29, 0.717) is 12.1 Å². The summed E-state index contributed by atoms with van der Waals surface area (Å²) in [6, 6.07) is 11.1. The SMILES string of the molecule is NC(=O)c1ccccc1F.O=C(Nc1c(I)cc(C(F)(C(F)(F)F)C(F)(F)F)cc1I)c1ccccc1F. The Morgan fingerprint density at radius 1 is 0.711 bits per heavy atom. The van der Waals surface area contributed by atoms with Crippen molar-refractivity contribution in [1.82, 2.24) is 0 Å². The Morgan fingerprint density at radius 2 is 1.11 bits per heavy atom. The number of hydrogen-bond donors (Lipinski definition) is 2. The van der Waals surface area contributed by atoms with Crippen LogP contribution >= 0.6 is 45.2 Å². The lowest BCUT2D eigenvalue weighted by Gasteiger charge is -2.31. The average Bonchev–Trinajstić information content (AvgIpc) is 2.80. The fourth-order valence-corrected chi connectivity index (χ4v) is 4.90. The van der Waals surface area contributed by atoms with E-state index < -0.39 is 47.0 Å². The number of alkyl halides is 7. The van der Waals surface area contributed by atoms with Crippen LogP contribution in [0.3, 0.4) is 0 Å². The smallest absolute Gasteiger partial charge is 0.366 e. The van der Waals surface area contributed by atoms with E-state index in [9.17, 15) is 49.1 Å². The van der Waals surface area contributed by atoms with Gasteiger partial charge in [0, 0.05) is 12.7 Å². The van der Waals surface area contributed by atoms with Crippen molar-refractivity contribution in [3.8, 4) is 0 Å². The molecule has 0 spiro atoms. The van der Waals surface area contributed by atoms with E-state index in [1.165, 1.54) is 75.5 Å². The van der Waals surface area contributed by atoms with Gasteiger partial charge in [-0.1, -0.05) is 24.3 Å². The lowest BCUT2D eigenvalue weighted by molar-refractivity contribution is -0.348. The molecule has 0 bridgehead atoms. The van der Waals surface area contributed by atoms with Crippen molar-refractivity contribution in [3.05, 3.63) is 96.1 Å². The molecule has 3 rings (SSSR count). The number of rotatable bonds is 4. The van der Waals surface area contributed by atoms with Crippen LogP contribution in [-0.2, 0) is 5.67 Å². The zero-order chi connectivity index (χ0) is 29.1. The Bertz CT molecular complexity index is 1310. The van der Waals surface area contributed by atoms with Crippen LogP contribution in [0.2, 0.25) is 0 Å². The van der Waals surface area contributed by atoms with Gasteiger partial charge in [0.1, 0.15) is 11.6 Å². The number of nitrogens with two attached hydrogens (primary N) is 1. The first-order valence-corrected chi connectivity index (χ1v) is 12.0. The molecule has 3 N–H and O–H groups in total. The van der Waals surface area contributed by atoms with Crippen LogP contribution in [0.4, 0.5) is 45.2 Å². The summed E-state index contributed by atoms with van der Waals surface area (Å²) in [6.45, 7) is 0. The number of benzene rings is 3. The van der Waals surface area contributed by atoms with Gasteiger partial charge >= 0.3 is 18.0 Å². The molecule has 0 aliphatic carbocycles. The molecule has 3 aromatic rings. The second-order valence-electron chi connectivity index (χ2n) is 7.25. The third kappa shape index (κ3) is 6.89. The molecule has 0 saturated carbocycles. The quantitative estimate of drug-likeness (QED) is 0.213. The maximum atomic E-state index is 14.2. The standard InChI is InChI=1S/C16H7F8I2NO.C7H6FNO/c17-9-4-2-1-3-8(9)13(28)27-12-10(25)5-7(6-11(12)26)14(18,15(19,20)21)16(22,23)24;8-6-4-2-1-3-5(6)7(9)10/h1-6H,(H,27,28);1-4H,(H2,9,10). The molecule has 0 aliphatic rings. The Labute approximate surface area is 236 Å². The lowest BCUT2D eigenvalue weighted by atomic mass is 9.94. The summed E-state index contributed by atoms with van der Waals surface area (Å²) in [5, 5.41) is 2.21. The van der Waals surface area contributed by atoms with Gasteiger partial charge in [0.15, 0.2) is 0 Å². The van der Waals surface area contributed by atoms with Gasteiger partial charge in [-0.05, 0) is 81.6 Å². The maximum absolute atomic E-state index is 14.2. The van der Waals surface area contributed by atoms with E-state index in [1.807, 2.05) is 0 Å². The topological polar surface area (TPSA) is 72.2 Å². The largest absolute Gasteiger partial charge is 0.435 e. The van der Waals surface area contributed by atoms with E-state index in [-0.39, 0.29) is 24.0 Å². The minimum absolute atomic E-state index is 0.0671. The molecule has 0 aliphatic heterocycles. The van der Waals surface area contributed by atoms with Crippen LogP contribution in [0, 0.1) is 18.8 Å². The predicted octanol–water partition coefficient (Wildman–Crippen LogP) is 7.50. The number of carbonyl (C=O) groups excluding carboxylic acids is 2. The molecule has 0 radical (unpaired) electrons. The summed E-state index contributed by atoms with van der Waals surface area (Å²) in [7, 11) is 0. The summed E-state index contributed by atoms with van der Waals surface area (Å²) in [4.78, 5) is 22.6. The van der Waals surface area contributed by atoms with Crippen LogP contribution in [0.25, 0.3) is 0 Å². The minimum Gasteiger partial charge on any atom is -0.366 e. The number of anilines is 1. The lowest BCUT2D eigenvalue weighted by Crippen LogP contribution is -2.50. The highest BCUT2D eigenvalue weighted by Crippen LogP contribution is 2.54. The predicted molar refractivity (Wildman–Crippen MR) is 136 cm³/mol. The normalized spacial score (nSPS) is 11.9. The monoisotopic (exact) mass is 774 g/mol. The fraction of sp³-hybridized carbons (Fsp3) is 0.130. The molecule has 4 nitrogen and oxygen atoms in total. The maximum Gasteiger partial charge on any atom is 0.435 e. The molecule has 38 heavy (non-hydrogen) atoms. The van der Waals surface area contributed by atoms with Gasteiger partial charge in [0.2, 0.25) is 0 Å². The van der Waals surface area contributed by atoms with Gasteiger partial charge in [-0.15, -0.1) is 0 Å². The first kappa shape index (κ1) is 31.6. The third-order valence-electron chi connectivity index (χ3n) is 4.72. The van der Waals surface area contributed by atoms with Crippen molar-refractivity contribution < 1.29 is 49.1 Å². The molecule has 3 aromatic carbocycles. The Kier molecular flexibility index (Phi) is 10.1. The summed E-state index contributed by atoms with van der Waals surface area (Å²) in [6.07, 6.45) is -12.5. The molecule has 0 unspecified atom stereocenters. The molecule has 0 saturated heterocycles. The molecule has 2 amide bonds. The highest BCUT2D eigenvalue weighted by molar-refractivity contribution is 14.1. The molecular weight excluding hydrogens is 761 g/mol. The highest BCUT2D eigenvalue weighted by Gasteiger charge is 2.73. The van der Waals surface area contributed by atoms with Gasteiger partial charge in [-0.25, -0.2) is 13.2 Å². The second-order valence-corrected chi connectivity index (χ2v) is 9.57. The number of hydrogen-bond acceptors (Lipinski definition) is 2. The molecular formula is C23H13F9I2N2O2. The van der Waals surface area contributed by atoms with Crippen molar-refractivity contribution in [2.24, 2.45) is 5.73 Å². The van der Waals surface area contributed by atoms with Crippen molar-refractivity contribution in [2.45, 2.75) is 18.0 Å². The van der Waals surface area contributed by atoms with Crippen molar-refractivity contribution in [2.75, 3.05) is 5.32 Å². The zero-order valence-corrected chi connectivity index (χ0v) is 22.6. The van der Waals surface area contributed by atoms with Crippen molar-refractivity contribution in [1.29, 1.82) is 0 Å². The van der Waals surface area contributed by atoms with Gasteiger partial charge in [0.05, 0.1) is 16.8 Å². The fourth-order valence-electron chi connectivity index (χ4n) is 2.87. The first-order chi connectivity index (χ1) is 17.4. The number of primary amides is 1. The summed E-state index contributed by atoms with van der Waals surface area (Å²) >= 11 is 2.71. The highest BCUT2D eigenvalue weighted by atomic mass is 127. The molecule has 0 fully saturated rings. The van der Waals surface area contributed by atoms with E-state index in [1.54, 1.807) is 6.07 Å². The molecule has 204 valence electrons. The van der Waals surface area contributed by atoms with E-state index >= 15 is 0 Å². The van der Waals surface area contributed by atoms with Gasteiger partial charge < -0.3 is 11.1 Å². The van der Waals surface area contributed by atoms with Crippen LogP contribution < -0.4 is 11.1 Å². The summed E-state index contributed by atoms with van der Waals surface area (Å²) in [5.74, 6) is -3.16. The number of carbonyl (C=O) groups is 2. The zero-order valence-electron chi connectivity index (χ0n) is 18.3. The van der Waals surface area contributed by atoms with Crippen LogP contribution in [0.5, 0.6) is 0 Å². The van der Waals surface area contributed by atoms with E-state index in [0.717, 1.165) is 12.1 Å².